The topological polar surface area (TPSA) is 110 Å². The number of carbonyl (C=O) groups is 1. The van der Waals surface area contributed by atoms with Gasteiger partial charge in [0, 0.05) is 0 Å². The Hall–Kier alpha value is -1.73. The summed E-state index contributed by atoms with van der Waals surface area (Å²) in [5.74, 6) is -0.600. The van der Waals surface area contributed by atoms with Crippen molar-refractivity contribution < 1.29 is 25.2 Å². The highest BCUT2D eigenvalue weighted by Crippen LogP contribution is 2.17. The third-order valence-electron chi connectivity index (χ3n) is 12.6. The van der Waals surface area contributed by atoms with E-state index < -0.39 is 36.9 Å². The molecule has 1 amide bonds. The molecular formula is C56H105NO5. The molecule has 0 fully saturated rings. The van der Waals surface area contributed by atoms with Gasteiger partial charge in [-0.25, -0.2) is 0 Å². The van der Waals surface area contributed by atoms with Gasteiger partial charge < -0.3 is 25.7 Å². The maximum atomic E-state index is 12.5. The van der Waals surface area contributed by atoms with Gasteiger partial charge in [-0.1, -0.05) is 242 Å². The summed E-state index contributed by atoms with van der Waals surface area (Å²) in [6.07, 6.45) is 63.9. The van der Waals surface area contributed by atoms with Crippen molar-refractivity contribution in [3.05, 3.63) is 48.6 Å². The van der Waals surface area contributed by atoms with Crippen LogP contribution in [0.5, 0.6) is 0 Å². The maximum Gasteiger partial charge on any atom is 0.249 e. The third kappa shape index (κ3) is 43.5. The molecule has 0 aliphatic rings. The summed E-state index contributed by atoms with van der Waals surface area (Å²) >= 11 is 0. The molecule has 5 N–H and O–H groups in total. The lowest BCUT2D eigenvalue weighted by atomic mass is 10.00. The van der Waals surface area contributed by atoms with Crippen LogP contribution >= 0.6 is 0 Å². The van der Waals surface area contributed by atoms with E-state index in [4.69, 9.17) is 0 Å². The smallest absolute Gasteiger partial charge is 0.249 e. The highest BCUT2D eigenvalue weighted by atomic mass is 16.3. The quantitative estimate of drug-likeness (QED) is 0.0309. The molecule has 0 aromatic carbocycles. The first-order valence-electron chi connectivity index (χ1n) is 27.0. The van der Waals surface area contributed by atoms with Crippen LogP contribution < -0.4 is 5.32 Å². The number of hydrogen-bond donors (Lipinski definition) is 5. The minimum atomic E-state index is -1.29. The zero-order chi connectivity index (χ0) is 45.2. The van der Waals surface area contributed by atoms with Crippen molar-refractivity contribution in [1.29, 1.82) is 0 Å². The van der Waals surface area contributed by atoms with Crippen LogP contribution in [0.2, 0.25) is 0 Å². The number of rotatable bonds is 49. The van der Waals surface area contributed by atoms with Gasteiger partial charge in [0.2, 0.25) is 5.91 Å². The Labute approximate surface area is 385 Å². The number of allylic oxidation sites excluding steroid dienone is 8. The van der Waals surface area contributed by atoms with E-state index in [1.807, 2.05) is 13.0 Å². The molecule has 0 radical (unpaired) electrons. The highest BCUT2D eigenvalue weighted by molar-refractivity contribution is 5.80. The number of nitrogens with one attached hydrogen (secondary N) is 1. The van der Waals surface area contributed by atoms with Crippen molar-refractivity contribution in [1.82, 2.24) is 5.32 Å². The van der Waals surface area contributed by atoms with Gasteiger partial charge in [0.1, 0.15) is 12.2 Å². The van der Waals surface area contributed by atoms with E-state index in [-0.39, 0.29) is 0 Å². The van der Waals surface area contributed by atoms with Gasteiger partial charge in [-0.15, -0.1) is 0 Å². The lowest BCUT2D eigenvalue weighted by Gasteiger charge is -2.27. The van der Waals surface area contributed by atoms with Crippen LogP contribution in [-0.4, -0.2) is 57.3 Å². The fourth-order valence-corrected chi connectivity index (χ4v) is 8.34. The molecule has 6 nitrogen and oxygen atoms in total. The van der Waals surface area contributed by atoms with Gasteiger partial charge in [-0.05, 0) is 77.6 Å². The molecule has 0 saturated heterocycles. The van der Waals surface area contributed by atoms with E-state index in [2.05, 4.69) is 54.8 Å². The van der Waals surface area contributed by atoms with Crippen molar-refractivity contribution >= 4 is 5.91 Å². The van der Waals surface area contributed by atoms with E-state index in [1.165, 1.54) is 193 Å². The van der Waals surface area contributed by atoms with Crippen molar-refractivity contribution in [3.63, 3.8) is 0 Å². The first-order chi connectivity index (χ1) is 30.5. The van der Waals surface area contributed by atoms with Crippen molar-refractivity contribution in [2.45, 2.75) is 295 Å². The van der Waals surface area contributed by atoms with Crippen LogP contribution in [0.25, 0.3) is 0 Å². The fourth-order valence-electron chi connectivity index (χ4n) is 8.34. The highest BCUT2D eigenvalue weighted by Gasteiger charge is 2.28. The Balaban J connectivity index is 3.49. The number of amides is 1. The van der Waals surface area contributed by atoms with Crippen molar-refractivity contribution in [3.8, 4) is 0 Å². The molecule has 0 bridgehead atoms. The molecule has 0 saturated carbocycles. The minimum Gasteiger partial charge on any atom is -0.394 e. The number of unbranched alkanes of at least 4 members (excludes halogenated alkanes) is 33. The summed E-state index contributed by atoms with van der Waals surface area (Å²) in [7, 11) is 0. The average molecular weight is 872 g/mol. The second kappa shape index (κ2) is 50.3. The Bertz CT molecular complexity index is 1020. The monoisotopic (exact) mass is 872 g/mol. The number of aliphatic hydroxyl groups is 4. The molecule has 364 valence electrons. The lowest BCUT2D eigenvalue weighted by molar-refractivity contribution is -0.132. The average Bonchev–Trinajstić information content (AvgIpc) is 3.28. The Morgan fingerprint density at radius 2 is 0.790 bits per heavy atom. The third-order valence-corrected chi connectivity index (χ3v) is 12.6. The number of carbonyl (C=O) groups excluding carboxylic acids is 1. The molecule has 0 aliphatic heterocycles. The van der Waals surface area contributed by atoms with Crippen LogP contribution in [0.1, 0.15) is 271 Å². The van der Waals surface area contributed by atoms with Crippen LogP contribution in [0.4, 0.5) is 0 Å². The number of aliphatic hydroxyl groups excluding tert-OH is 4. The molecule has 4 atom stereocenters. The molecule has 6 heteroatoms. The second-order valence-corrected chi connectivity index (χ2v) is 18.6. The first kappa shape index (κ1) is 60.3. The van der Waals surface area contributed by atoms with Crippen molar-refractivity contribution in [2.75, 3.05) is 6.61 Å². The summed E-state index contributed by atoms with van der Waals surface area (Å²) in [5.41, 5.74) is 0. The Morgan fingerprint density at radius 1 is 0.435 bits per heavy atom. The zero-order valence-corrected chi connectivity index (χ0v) is 41.1. The van der Waals surface area contributed by atoms with Crippen LogP contribution in [0.3, 0.4) is 0 Å². The van der Waals surface area contributed by atoms with E-state index in [9.17, 15) is 25.2 Å². The summed E-state index contributed by atoms with van der Waals surface area (Å²) in [6.45, 7) is 3.80. The summed E-state index contributed by atoms with van der Waals surface area (Å²) in [5, 5.41) is 43.4. The van der Waals surface area contributed by atoms with Crippen LogP contribution in [0.15, 0.2) is 48.6 Å². The minimum absolute atomic E-state index is 0.359. The van der Waals surface area contributed by atoms with Gasteiger partial charge in [0.05, 0.1) is 18.8 Å². The molecule has 0 aliphatic carbocycles. The first-order valence-corrected chi connectivity index (χ1v) is 27.0. The van der Waals surface area contributed by atoms with Crippen molar-refractivity contribution in [2.24, 2.45) is 0 Å². The molecule has 0 heterocycles. The van der Waals surface area contributed by atoms with Crippen LogP contribution in [-0.2, 0) is 4.79 Å². The number of hydrogen-bond acceptors (Lipinski definition) is 5. The van der Waals surface area contributed by atoms with E-state index in [1.54, 1.807) is 0 Å². The molecule has 0 rings (SSSR count). The normalized spacial score (nSPS) is 14.2. The van der Waals surface area contributed by atoms with Gasteiger partial charge in [0.25, 0.3) is 0 Å². The predicted octanol–water partition coefficient (Wildman–Crippen LogP) is 15.4. The fraction of sp³-hybridized carbons (Fsp3) is 0.839. The van der Waals surface area contributed by atoms with Gasteiger partial charge >= 0.3 is 0 Å². The summed E-state index contributed by atoms with van der Waals surface area (Å²) in [6, 6.07) is -1.01. The molecular weight excluding hydrogens is 767 g/mol. The SMILES string of the molecule is C/C=C/CC/C=C/CCCC(O)C(O)C(CO)NC(=O)C(O)CCCCCCCCCCCCCCCCCC/C=C\C/C=C\CCCCCCCCCCCCCCCCC. The van der Waals surface area contributed by atoms with Gasteiger partial charge in [-0.3, -0.25) is 4.79 Å². The van der Waals surface area contributed by atoms with Gasteiger partial charge in [-0.2, -0.15) is 0 Å². The lowest BCUT2D eigenvalue weighted by Crippen LogP contribution is -2.53. The standard InChI is InChI=1S/C56H105NO5/c1-3-5-7-9-11-13-14-15-16-17-18-19-20-21-22-23-24-25-26-27-28-29-30-31-32-33-34-35-36-37-38-39-40-41-42-44-46-48-50-54(60)56(62)57-52(51-58)55(61)53(59)49-47-45-43-12-10-8-6-4-2/h4,6,12,24-25,27-28,43,52-55,58-61H,3,5,7-11,13-23,26,29-42,44-51H2,1-2H3,(H,57,62)/b6-4+,25-24-,28-27-,43-12+. The second-order valence-electron chi connectivity index (χ2n) is 18.6. The molecule has 0 spiro atoms. The van der Waals surface area contributed by atoms with E-state index >= 15 is 0 Å². The summed E-state index contributed by atoms with van der Waals surface area (Å²) < 4.78 is 0. The predicted molar refractivity (Wildman–Crippen MR) is 270 cm³/mol. The Kier molecular flexibility index (Phi) is 48.9. The largest absolute Gasteiger partial charge is 0.394 e. The zero-order valence-electron chi connectivity index (χ0n) is 41.1. The molecule has 0 aromatic heterocycles. The van der Waals surface area contributed by atoms with Crippen LogP contribution in [0, 0.1) is 0 Å². The van der Waals surface area contributed by atoms with E-state index in [0.29, 0.717) is 19.3 Å². The van der Waals surface area contributed by atoms with E-state index in [0.717, 1.165) is 44.9 Å². The summed E-state index contributed by atoms with van der Waals surface area (Å²) in [4.78, 5) is 12.5. The van der Waals surface area contributed by atoms with Gasteiger partial charge in [0.15, 0.2) is 0 Å². The molecule has 4 unspecified atom stereocenters. The molecule has 0 aromatic rings. The maximum absolute atomic E-state index is 12.5. The Morgan fingerprint density at radius 3 is 1.21 bits per heavy atom. The molecule has 62 heavy (non-hydrogen) atoms.